The molecule has 32 heavy (non-hydrogen) atoms. The molecule has 8 heteroatoms. The monoisotopic (exact) mass is 512 g/mol. The van der Waals surface area contributed by atoms with Crippen LogP contribution in [0.15, 0.2) is 76.8 Å². The van der Waals surface area contributed by atoms with E-state index in [1.807, 2.05) is 30.3 Å². The van der Waals surface area contributed by atoms with Crippen LogP contribution >= 0.6 is 27.5 Å². The number of hydrogen-bond acceptors (Lipinski definition) is 4. The maximum Gasteiger partial charge on any atom is 0.282 e. The Morgan fingerprint density at radius 1 is 1.06 bits per heavy atom. The Kier molecular flexibility index (Phi) is 6.48. The molecule has 1 aliphatic rings. The van der Waals surface area contributed by atoms with Gasteiger partial charge < -0.3 is 9.47 Å². The highest BCUT2D eigenvalue weighted by atomic mass is 79.9. The van der Waals surface area contributed by atoms with Gasteiger partial charge in [-0.15, -0.1) is 0 Å². The highest BCUT2D eigenvalue weighted by Gasteiger charge is 2.35. The molecule has 0 spiro atoms. The molecule has 3 aromatic carbocycles. The topological polar surface area (TPSA) is 67.9 Å². The number of anilines is 1. The summed E-state index contributed by atoms with van der Waals surface area (Å²) in [6.07, 6.45) is 1.50. The molecule has 4 rings (SSSR count). The van der Waals surface area contributed by atoms with Crippen LogP contribution in [0.1, 0.15) is 11.1 Å². The summed E-state index contributed by atoms with van der Waals surface area (Å²) in [5.41, 5.74) is 4.50. The van der Waals surface area contributed by atoms with Gasteiger partial charge in [0, 0.05) is 15.1 Å². The van der Waals surface area contributed by atoms with E-state index in [1.165, 1.54) is 18.2 Å². The number of hydrogen-bond donors (Lipinski definition) is 1. The smallest absolute Gasteiger partial charge is 0.282 e. The van der Waals surface area contributed by atoms with Gasteiger partial charge in [-0.3, -0.25) is 15.0 Å². The lowest BCUT2D eigenvalue weighted by atomic mass is 10.1. The molecule has 0 radical (unpaired) electrons. The van der Waals surface area contributed by atoms with E-state index in [0.29, 0.717) is 38.9 Å². The van der Waals surface area contributed by atoms with Crippen LogP contribution in [0, 0.1) is 0 Å². The van der Waals surface area contributed by atoms with Gasteiger partial charge in [-0.1, -0.05) is 63.9 Å². The maximum atomic E-state index is 13.0. The van der Waals surface area contributed by atoms with Gasteiger partial charge in [0.15, 0.2) is 11.5 Å². The van der Waals surface area contributed by atoms with Crippen molar-refractivity contribution in [3.63, 3.8) is 0 Å². The van der Waals surface area contributed by atoms with Crippen molar-refractivity contribution in [1.29, 1.82) is 0 Å². The second-order valence-corrected chi connectivity index (χ2v) is 8.27. The van der Waals surface area contributed by atoms with Crippen LogP contribution in [-0.4, -0.2) is 18.9 Å². The van der Waals surface area contributed by atoms with E-state index in [2.05, 4.69) is 21.4 Å². The number of nitrogens with one attached hydrogen (secondary N) is 1. The third-order valence-electron chi connectivity index (χ3n) is 4.75. The van der Waals surface area contributed by atoms with Gasteiger partial charge in [-0.05, 0) is 42.0 Å². The van der Waals surface area contributed by atoms with Crippen LogP contribution in [0.4, 0.5) is 5.69 Å². The summed E-state index contributed by atoms with van der Waals surface area (Å²) in [5.74, 6) is -0.123. The summed E-state index contributed by atoms with van der Waals surface area (Å²) >= 11 is 9.47. The summed E-state index contributed by atoms with van der Waals surface area (Å²) in [6, 6.07) is 19.9. The Morgan fingerprint density at radius 3 is 2.56 bits per heavy atom. The Labute approximate surface area is 198 Å². The Morgan fingerprint density at radius 2 is 1.84 bits per heavy atom. The van der Waals surface area contributed by atoms with Gasteiger partial charge in [-0.2, -0.15) is 0 Å². The molecule has 0 atom stereocenters. The predicted molar refractivity (Wildman–Crippen MR) is 127 cm³/mol. The first-order valence-corrected chi connectivity index (χ1v) is 10.8. The number of ether oxygens (including phenoxy) is 2. The highest BCUT2D eigenvalue weighted by molar-refractivity contribution is 9.10. The molecule has 162 valence electrons. The number of methoxy groups -OCH3 is 1. The summed E-state index contributed by atoms with van der Waals surface area (Å²) in [5, 5.41) is 1.62. The van der Waals surface area contributed by atoms with E-state index in [9.17, 15) is 9.59 Å². The number of nitrogens with zero attached hydrogens (tertiary/aromatic N) is 1. The molecule has 0 unspecified atom stereocenters. The molecule has 0 bridgehead atoms. The molecule has 1 heterocycles. The summed E-state index contributed by atoms with van der Waals surface area (Å²) < 4.78 is 12.2. The molecular weight excluding hydrogens is 496 g/mol. The molecule has 0 aromatic heterocycles. The van der Waals surface area contributed by atoms with Crippen molar-refractivity contribution in [2.24, 2.45) is 0 Å². The molecule has 3 aromatic rings. The number of halogens is 2. The molecule has 1 fully saturated rings. The second-order valence-electron chi connectivity index (χ2n) is 6.92. The van der Waals surface area contributed by atoms with Crippen molar-refractivity contribution in [2.45, 2.75) is 6.61 Å². The van der Waals surface area contributed by atoms with Gasteiger partial charge in [0.05, 0.1) is 12.8 Å². The predicted octanol–water partition coefficient (Wildman–Crippen LogP) is 5.15. The SMILES string of the molecule is COc1cc(Br)cc(C=C2C(=O)NN(c3cccc(Cl)c3)C2=O)c1OCc1ccccc1. The van der Waals surface area contributed by atoms with Crippen LogP contribution in [0.5, 0.6) is 11.5 Å². The summed E-state index contributed by atoms with van der Waals surface area (Å²) in [6.45, 7) is 0.295. The molecule has 2 amide bonds. The first-order chi connectivity index (χ1) is 15.5. The van der Waals surface area contributed by atoms with Gasteiger partial charge in [0.2, 0.25) is 0 Å². The largest absolute Gasteiger partial charge is 0.493 e. The van der Waals surface area contributed by atoms with Crippen molar-refractivity contribution in [3.05, 3.63) is 92.9 Å². The van der Waals surface area contributed by atoms with Gasteiger partial charge >= 0.3 is 0 Å². The first kappa shape index (κ1) is 21.9. The minimum atomic E-state index is -0.525. The maximum absolute atomic E-state index is 13.0. The number of benzene rings is 3. The minimum absolute atomic E-state index is 0.0327. The zero-order valence-electron chi connectivity index (χ0n) is 17.0. The second kappa shape index (κ2) is 9.46. The Balaban J connectivity index is 1.70. The van der Waals surface area contributed by atoms with Gasteiger partial charge in [0.25, 0.3) is 11.8 Å². The van der Waals surface area contributed by atoms with E-state index < -0.39 is 11.8 Å². The molecule has 1 aliphatic heterocycles. The molecular formula is C24H18BrClN2O4. The van der Waals surface area contributed by atoms with Crippen LogP contribution in [-0.2, 0) is 16.2 Å². The van der Waals surface area contributed by atoms with E-state index in [1.54, 1.807) is 36.4 Å². The van der Waals surface area contributed by atoms with Crippen molar-refractivity contribution in [1.82, 2.24) is 5.43 Å². The quantitative estimate of drug-likeness (QED) is 0.366. The normalized spacial score (nSPS) is 14.6. The minimum Gasteiger partial charge on any atom is -0.493 e. The fourth-order valence-electron chi connectivity index (χ4n) is 3.24. The van der Waals surface area contributed by atoms with Gasteiger partial charge in [-0.25, -0.2) is 5.01 Å². The molecule has 1 N–H and O–H groups in total. The number of hydrazine groups is 1. The van der Waals surface area contributed by atoms with Gasteiger partial charge in [0.1, 0.15) is 12.2 Å². The lowest BCUT2D eigenvalue weighted by molar-refractivity contribution is -0.117. The average molecular weight is 514 g/mol. The number of carbonyl (C=O) groups excluding carboxylic acids is 2. The summed E-state index contributed by atoms with van der Waals surface area (Å²) in [4.78, 5) is 25.6. The average Bonchev–Trinajstić information content (AvgIpc) is 3.07. The lowest BCUT2D eigenvalue weighted by Gasteiger charge is -2.15. The third-order valence-corrected chi connectivity index (χ3v) is 5.44. The fraction of sp³-hybridized carbons (Fsp3) is 0.0833. The zero-order chi connectivity index (χ0) is 22.7. The highest BCUT2D eigenvalue weighted by Crippen LogP contribution is 2.37. The fourth-order valence-corrected chi connectivity index (χ4v) is 3.88. The Bertz CT molecular complexity index is 1210. The van der Waals surface area contributed by atoms with Crippen molar-refractivity contribution in [3.8, 4) is 11.5 Å². The van der Waals surface area contributed by atoms with Crippen molar-refractivity contribution in [2.75, 3.05) is 12.1 Å². The van der Waals surface area contributed by atoms with Crippen molar-refractivity contribution < 1.29 is 19.1 Å². The molecule has 0 saturated carbocycles. The van der Waals surface area contributed by atoms with Crippen LogP contribution in [0.25, 0.3) is 6.08 Å². The van der Waals surface area contributed by atoms with Crippen LogP contribution in [0.2, 0.25) is 5.02 Å². The number of carbonyl (C=O) groups is 2. The molecule has 0 aliphatic carbocycles. The zero-order valence-corrected chi connectivity index (χ0v) is 19.3. The number of amides is 2. The lowest BCUT2D eigenvalue weighted by Crippen LogP contribution is -2.35. The van der Waals surface area contributed by atoms with Crippen LogP contribution in [0.3, 0.4) is 0 Å². The van der Waals surface area contributed by atoms with E-state index in [4.69, 9.17) is 21.1 Å². The molecule has 6 nitrogen and oxygen atoms in total. The van der Waals surface area contributed by atoms with Crippen molar-refractivity contribution >= 4 is 51.1 Å². The van der Waals surface area contributed by atoms with E-state index in [-0.39, 0.29) is 5.57 Å². The standard InChI is InChI=1S/C24H18BrClN2O4/c1-31-21-12-17(25)10-16(22(21)32-14-15-6-3-2-4-7-15)11-20-23(29)27-28(24(20)30)19-9-5-8-18(26)13-19/h2-13H,14H2,1H3,(H,27,29). The summed E-state index contributed by atoms with van der Waals surface area (Å²) in [7, 11) is 1.53. The Hall–Kier alpha value is -3.29. The van der Waals surface area contributed by atoms with E-state index >= 15 is 0 Å². The van der Waals surface area contributed by atoms with Crippen LogP contribution < -0.4 is 19.9 Å². The molecule has 1 saturated heterocycles. The number of rotatable bonds is 6. The third kappa shape index (κ3) is 4.64. The van der Waals surface area contributed by atoms with E-state index in [0.717, 1.165) is 5.56 Å². The first-order valence-electron chi connectivity index (χ1n) is 9.63.